The summed E-state index contributed by atoms with van der Waals surface area (Å²) in [6.07, 6.45) is 1.14. The standard InChI is InChI=1S/C18H15Cl2FO2/c19-16-5-4-12(9-17(16)20)8-15-13(10-23-18(15)22)6-11-2-1-3-14(21)7-11/h1-5,7,9,13,15H,6,8,10H2/t13-,15+/m0/s1. The monoisotopic (exact) mass is 352 g/mol. The van der Waals surface area contributed by atoms with Crippen molar-refractivity contribution in [1.29, 1.82) is 0 Å². The second-order valence-corrected chi connectivity index (χ2v) is 6.60. The second kappa shape index (κ2) is 6.90. The lowest BCUT2D eigenvalue weighted by Gasteiger charge is -2.15. The van der Waals surface area contributed by atoms with Crippen LogP contribution in [-0.4, -0.2) is 12.6 Å². The molecule has 3 rings (SSSR count). The van der Waals surface area contributed by atoms with Crippen LogP contribution in [0, 0.1) is 17.7 Å². The fraction of sp³-hybridized carbons (Fsp3) is 0.278. The normalized spacial score (nSPS) is 20.6. The van der Waals surface area contributed by atoms with E-state index in [4.69, 9.17) is 27.9 Å². The number of carbonyl (C=O) groups excluding carboxylic acids is 1. The first kappa shape index (κ1) is 16.3. The lowest BCUT2D eigenvalue weighted by Crippen LogP contribution is -2.20. The maximum atomic E-state index is 13.3. The smallest absolute Gasteiger partial charge is 0.309 e. The van der Waals surface area contributed by atoms with Crippen molar-refractivity contribution in [2.75, 3.05) is 6.61 Å². The van der Waals surface area contributed by atoms with E-state index in [2.05, 4.69) is 0 Å². The third-order valence-corrected chi connectivity index (χ3v) is 4.88. The zero-order valence-electron chi connectivity index (χ0n) is 12.3. The summed E-state index contributed by atoms with van der Waals surface area (Å²) in [5.41, 5.74) is 1.81. The minimum Gasteiger partial charge on any atom is -0.465 e. The summed E-state index contributed by atoms with van der Waals surface area (Å²) >= 11 is 11.9. The molecule has 0 amide bonds. The topological polar surface area (TPSA) is 26.3 Å². The number of hydrogen-bond donors (Lipinski definition) is 0. The number of cyclic esters (lactones) is 1. The SMILES string of the molecule is O=C1OC[C@H](Cc2cccc(F)c2)[C@H]1Cc1ccc(Cl)c(Cl)c1. The Balaban J connectivity index is 1.75. The molecule has 1 aliphatic heterocycles. The van der Waals surface area contributed by atoms with Crippen LogP contribution in [0.2, 0.25) is 10.0 Å². The van der Waals surface area contributed by atoms with E-state index in [0.717, 1.165) is 11.1 Å². The molecule has 0 aliphatic carbocycles. The maximum absolute atomic E-state index is 13.3. The van der Waals surface area contributed by atoms with Gasteiger partial charge in [-0.2, -0.15) is 0 Å². The molecule has 1 saturated heterocycles. The van der Waals surface area contributed by atoms with Gasteiger partial charge in [-0.25, -0.2) is 4.39 Å². The van der Waals surface area contributed by atoms with Gasteiger partial charge in [-0.3, -0.25) is 4.79 Å². The van der Waals surface area contributed by atoms with Gasteiger partial charge in [0.1, 0.15) is 5.82 Å². The van der Waals surface area contributed by atoms with Crippen molar-refractivity contribution in [3.8, 4) is 0 Å². The van der Waals surface area contributed by atoms with Crippen molar-refractivity contribution >= 4 is 29.2 Å². The highest BCUT2D eigenvalue weighted by molar-refractivity contribution is 6.42. The molecule has 2 atom stereocenters. The van der Waals surface area contributed by atoms with Gasteiger partial charge in [-0.15, -0.1) is 0 Å². The van der Waals surface area contributed by atoms with E-state index in [9.17, 15) is 9.18 Å². The second-order valence-electron chi connectivity index (χ2n) is 5.78. The number of esters is 1. The van der Waals surface area contributed by atoms with E-state index in [1.54, 1.807) is 18.2 Å². The van der Waals surface area contributed by atoms with E-state index in [0.29, 0.717) is 29.5 Å². The quantitative estimate of drug-likeness (QED) is 0.745. The van der Waals surface area contributed by atoms with Crippen LogP contribution in [-0.2, 0) is 22.4 Å². The highest BCUT2D eigenvalue weighted by Crippen LogP contribution is 2.31. The van der Waals surface area contributed by atoms with Crippen LogP contribution in [0.5, 0.6) is 0 Å². The Hall–Kier alpha value is -1.58. The predicted molar refractivity (Wildman–Crippen MR) is 88.2 cm³/mol. The van der Waals surface area contributed by atoms with Crippen LogP contribution in [0.3, 0.4) is 0 Å². The summed E-state index contributed by atoms with van der Waals surface area (Å²) in [5.74, 6) is -0.708. The van der Waals surface area contributed by atoms with Gasteiger partial charge >= 0.3 is 5.97 Å². The Morgan fingerprint density at radius 3 is 2.57 bits per heavy atom. The first-order valence-electron chi connectivity index (χ1n) is 7.38. The average molecular weight is 353 g/mol. The van der Waals surface area contributed by atoms with Crippen molar-refractivity contribution in [3.63, 3.8) is 0 Å². The third-order valence-electron chi connectivity index (χ3n) is 4.14. The molecule has 23 heavy (non-hydrogen) atoms. The van der Waals surface area contributed by atoms with E-state index < -0.39 is 0 Å². The van der Waals surface area contributed by atoms with Crippen molar-refractivity contribution < 1.29 is 13.9 Å². The van der Waals surface area contributed by atoms with Crippen molar-refractivity contribution in [2.45, 2.75) is 12.8 Å². The Morgan fingerprint density at radius 1 is 1.04 bits per heavy atom. The Labute approximate surface area is 144 Å². The molecule has 1 aliphatic rings. The molecule has 5 heteroatoms. The van der Waals surface area contributed by atoms with E-state index in [-0.39, 0.29) is 23.6 Å². The summed E-state index contributed by atoms with van der Waals surface area (Å²) in [6.45, 7) is 0.362. The van der Waals surface area contributed by atoms with Gasteiger partial charge in [-0.1, -0.05) is 41.4 Å². The van der Waals surface area contributed by atoms with Gasteiger partial charge in [0.25, 0.3) is 0 Å². The molecule has 0 unspecified atom stereocenters. The van der Waals surface area contributed by atoms with Crippen LogP contribution in [0.1, 0.15) is 11.1 Å². The lowest BCUT2D eigenvalue weighted by atomic mass is 9.85. The summed E-state index contributed by atoms with van der Waals surface area (Å²) in [4.78, 5) is 12.0. The summed E-state index contributed by atoms with van der Waals surface area (Å²) in [5, 5.41) is 0.956. The molecule has 0 N–H and O–H groups in total. The minimum absolute atomic E-state index is 0.0266. The third kappa shape index (κ3) is 3.85. The molecule has 0 bridgehead atoms. The molecule has 0 saturated carbocycles. The van der Waals surface area contributed by atoms with Crippen molar-refractivity contribution in [2.24, 2.45) is 11.8 Å². The molecule has 1 heterocycles. The zero-order valence-corrected chi connectivity index (χ0v) is 13.8. The van der Waals surface area contributed by atoms with Gasteiger partial charge in [0.15, 0.2) is 0 Å². The number of rotatable bonds is 4. The number of halogens is 3. The van der Waals surface area contributed by atoms with Gasteiger partial charge in [0.05, 0.1) is 22.6 Å². The van der Waals surface area contributed by atoms with Gasteiger partial charge in [0, 0.05) is 5.92 Å². The van der Waals surface area contributed by atoms with E-state index in [1.165, 1.54) is 12.1 Å². The highest BCUT2D eigenvalue weighted by atomic mass is 35.5. The van der Waals surface area contributed by atoms with Crippen LogP contribution >= 0.6 is 23.2 Å². The van der Waals surface area contributed by atoms with Crippen LogP contribution in [0.4, 0.5) is 4.39 Å². The van der Waals surface area contributed by atoms with Crippen LogP contribution < -0.4 is 0 Å². The molecule has 2 aromatic rings. The maximum Gasteiger partial charge on any atom is 0.309 e. The van der Waals surface area contributed by atoms with Gasteiger partial charge < -0.3 is 4.74 Å². The number of benzene rings is 2. The molecule has 120 valence electrons. The average Bonchev–Trinajstić information content (AvgIpc) is 2.84. The van der Waals surface area contributed by atoms with Gasteiger partial charge in [-0.05, 0) is 48.2 Å². The van der Waals surface area contributed by atoms with Gasteiger partial charge in [0.2, 0.25) is 0 Å². The summed E-state index contributed by atoms with van der Waals surface area (Å²) in [6, 6.07) is 11.8. The fourth-order valence-electron chi connectivity index (χ4n) is 2.94. The Bertz CT molecular complexity index is 733. The van der Waals surface area contributed by atoms with Crippen molar-refractivity contribution in [3.05, 3.63) is 69.5 Å². The molecule has 0 radical (unpaired) electrons. The van der Waals surface area contributed by atoms with E-state index >= 15 is 0 Å². The molecule has 0 spiro atoms. The number of hydrogen-bond acceptors (Lipinski definition) is 2. The van der Waals surface area contributed by atoms with E-state index in [1.807, 2.05) is 12.1 Å². The lowest BCUT2D eigenvalue weighted by molar-refractivity contribution is -0.141. The summed E-state index contributed by atoms with van der Waals surface area (Å²) in [7, 11) is 0. The molecular formula is C18H15Cl2FO2. The highest BCUT2D eigenvalue weighted by Gasteiger charge is 2.36. The van der Waals surface area contributed by atoms with Crippen LogP contribution in [0.15, 0.2) is 42.5 Å². The summed E-state index contributed by atoms with van der Waals surface area (Å²) < 4.78 is 18.5. The molecule has 0 aromatic heterocycles. The fourth-order valence-corrected chi connectivity index (χ4v) is 3.26. The Kier molecular flexibility index (Phi) is 4.88. The molecule has 2 aromatic carbocycles. The number of ether oxygens (including phenoxy) is 1. The predicted octanol–water partition coefficient (Wildman–Crippen LogP) is 4.71. The first-order valence-corrected chi connectivity index (χ1v) is 8.13. The van der Waals surface area contributed by atoms with Crippen molar-refractivity contribution in [1.82, 2.24) is 0 Å². The minimum atomic E-state index is -0.270. The Morgan fingerprint density at radius 2 is 1.83 bits per heavy atom. The van der Waals surface area contributed by atoms with Crippen LogP contribution in [0.25, 0.3) is 0 Å². The molecular weight excluding hydrogens is 338 g/mol. The largest absolute Gasteiger partial charge is 0.465 e. The number of carbonyl (C=O) groups is 1. The molecule has 2 nitrogen and oxygen atoms in total. The molecule has 1 fully saturated rings. The first-order chi connectivity index (χ1) is 11.0. The zero-order chi connectivity index (χ0) is 16.4.